The van der Waals surface area contributed by atoms with E-state index in [0.29, 0.717) is 6.54 Å². The van der Waals surface area contributed by atoms with Crippen LogP contribution in [-0.2, 0) is 14.3 Å². The summed E-state index contributed by atoms with van der Waals surface area (Å²) in [6.07, 6.45) is 7.41. The van der Waals surface area contributed by atoms with E-state index >= 15 is 0 Å². The van der Waals surface area contributed by atoms with Crippen LogP contribution in [0.2, 0.25) is 0 Å². The van der Waals surface area contributed by atoms with Crippen LogP contribution < -0.4 is 10.6 Å². The zero-order valence-electron chi connectivity index (χ0n) is 25.6. The SMILES string of the molecule is CCCCCCCCN(C(=O)C(CS)NC(=O)OC(C)(C)C)C(C(=O)NC(C)CCC)c1cccc(C)c1C. The quantitative estimate of drug-likeness (QED) is 0.155. The van der Waals surface area contributed by atoms with Crippen LogP contribution in [0, 0.1) is 13.8 Å². The van der Waals surface area contributed by atoms with E-state index in [1.165, 1.54) is 6.42 Å². The molecule has 0 saturated heterocycles. The van der Waals surface area contributed by atoms with Gasteiger partial charge in [0.1, 0.15) is 17.7 Å². The van der Waals surface area contributed by atoms with Crippen molar-refractivity contribution in [3.63, 3.8) is 0 Å². The van der Waals surface area contributed by atoms with Gasteiger partial charge in [0, 0.05) is 18.3 Å². The van der Waals surface area contributed by atoms with Crippen LogP contribution in [0.4, 0.5) is 4.79 Å². The summed E-state index contributed by atoms with van der Waals surface area (Å²) >= 11 is 4.39. The van der Waals surface area contributed by atoms with Crippen molar-refractivity contribution in [2.24, 2.45) is 0 Å². The number of amides is 3. The predicted octanol–water partition coefficient (Wildman–Crippen LogP) is 6.66. The number of hydrogen-bond acceptors (Lipinski definition) is 5. The first-order chi connectivity index (χ1) is 18.4. The summed E-state index contributed by atoms with van der Waals surface area (Å²) < 4.78 is 5.41. The van der Waals surface area contributed by atoms with Gasteiger partial charge < -0.3 is 20.3 Å². The average molecular weight is 564 g/mol. The fraction of sp³-hybridized carbons (Fsp3) is 0.710. The number of rotatable bonds is 16. The summed E-state index contributed by atoms with van der Waals surface area (Å²) in [6.45, 7) is 16.0. The Labute approximate surface area is 242 Å². The van der Waals surface area contributed by atoms with E-state index < -0.39 is 23.8 Å². The molecule has 39 heavy (non-hydrogen) atoms. The van der Waals surface area contributed by atoms with Crippen LogP contribution >= 0.6 is 12.6 Å². The highest BCUT2D eigenvalue weighted by atomic mass is 32.1. The van der Waals surface area contributed by atoms with Crippen LogP contribution in [0.25, 0.3) is 0 Å². The first-order valence-corrected chi connectivity index (χ1v) is 15.3. The van der Waals surface area contributed by atoms with Crippen LogP contribution in [-0.4, -0.2) is 52.8 Å². The van der Waals surface area contributed by atoms with Gasteiger partial charge in [-0.25, -0.2) is 4.79 Å². The summed E-state index contributed by atoms with van der Waals surface area (Å²) in [7, 11) is 0. The van der Waals surface area contributed by atoms with Gasteiger partial charge in [-0.3, -0.25) is 9.59 Å². The zero-order chi connectivity index (χ0) is 29.6. The maximum absolute atomic E-state index is 14.1. The highest BCUT2D eigenvalue weighted by molar-refractivity contribution is 7.80. The van der Waals surface area contributed by atoms with Gasteiger partial charge in [-0.15, -0.1) is 0 Å². The molecule has 2 N–H and O–H groups in total. The molecule has 7 nitrogen and oxygen atoms in total. The molecule has 3 atom stereocenters. The molecule has 3 amide bonds. The molecule has 0 saturated carbocycles. The number of thiol groups is 1. The van der Waals surface area contributed by atoms with Crippen molar-refractivity contribution in [2.45, 2.75) is 130 Å². The summed E-state index contributed by atoms with van der Waals surface area (Å²) in [5.74, 6) is -0.467. The zero-order valence-corrected chi connectivity index (χ0v) is 26.5. The molecule has 0 heterocycles. The number of hydrogen-bond donors (Lipinski definition) is 3. The second-order valence-electron chi connectivity index (χ2n) is 11.6. The van der Waals surface area contributed by atoms with E-state index in [1.54, 1.807) is 25.7 Å². The Kier molecular flexibility index (Phi) is 15.6. The maximum atomic E-state index is 14.1. The van der Waals surface area contributed by atoms with Crippen LogP contribution in [0.3, 0.4) is 0 Å². The van der Waals surface area contributed by atoms with Gasteiger partial charge in [-0.05, 0) is 71.1 Å². The Morgan fingerprint density at radius 2 is 1.62 bits per heavy atom. The molecular weight excluding hydrogens is 510 g/mol. The summed E-state index contributed by atoms with van der Waals surface area (Å²) in [5, 5.41) is 5.84. The molecule has 0 spiro atoms. The summed E-state index contributed by atoms with van der Waals surface area (Å²) in [6, 6.07) is 4.08. The van der Waals surface area contributed by atoms with E-state index in [0.717, 1.165) is 61.6 Å². The highest BCUT2D eigenvalue weighted by Crippen LogP contribution is 2.28. The van der Waals surface area contributed by atoms with E-state index in [4.69, 9.17) is 4.74 Å². The Balaban J connectivity index is 3.44. The molecule has 0 radical (unpaired) electrons. The second-order valence-corrected chi connectivity index (χ2v) is 11.9. The molecule has 3 unspecified atom stereocenters. The lowest BCUT2D eigenvalue weighted by atomic mass is 9.94. The molecule has 222 valence electrons. The van der Waals surface area contributed by atoms with Gasteiger partial charge in [0.2, 0.25) is 11.8 Å². The van der Waals surface area contributed by atoms with Gasteiger partial charge >= 0.3 is 6.09 Å². The van der Waals surface area contributed by atoms with Gasteiger partial charge in [0.15, 0.2) is 0 Å². The first kappa shape index (κ1) is 34.8. The Morgan fingerprint density at radius 1 is 0.974 bits per heavy atom. The monoisotopic (exact) mass is 563 g/mol. The third kappa shape index (κ3) is 12.2. The molecule has 1 aromatic rings. The predicted molar refractivity (Wildman–Crippen MR) is 163 cm³/mol. The summed E-state index contributed by atoms with van der Waals surface area (Å²) in [4.78, 5) is 42.2. The topological polar surface area (TPSA) is 87.7 Å². The largest absolute Gasteiger partial charge is 0.444 e. The lowest BCUT2D eigenvalue weighted by Gasteiger charge is -2.35. The normalized spacial score (nSPS) is 13.8. The molecule has 8 heteroatoms. The number of benzene rings is 1. The fourth-order valence-corrected chi connectivity index (χ4v) is 4.86. The molecule has 0 aliphatic rings. The highest BCUT2D eigenvalue weighted by Gasteiger charge is 2.36. The maximum Gasteiger partial charge on any atom is 0.408 e. The number of alkyl carbamates (subject to hydrolysis) is 1. The molecule has 0 aliphatic carbocycles. The van der Waals surface area contributed by atoms with E-state index in [-0.39, 0.29) is 23.6 Å². The fourth-order valence-electron chi connectivity index (χ4n) is 4.61. The van der Waals surface area contributed by atoms with Gasteiger partial charge in [0.05, 0.1) is 0 Å². The number of carbonyl (C=O) groups is 3. The lowest BCUT2D eigenvalue weighted by molar-refractivity contribution is -0.142. The number of aryl methyl sites for hydroxylation is 1. The van der Waals surface area contributed by atoms with Crippen LogP contribution in [0.15, 0.2) is 18.2 Å². The van der Waals surface area contributed by atoms with E-state index in [2.05, 4.69) is 37.1 Å². The number of nitrogens with zero attached hydrogens (tertiary/aromatic N) is 1. The van der Waals surface area contributed by atoms with Crippen molar-refractivity contribution in [3.05, 3.63) is 34.9 Å². The average Bonchev–Trinajstić information content (AvgIpc) is 2.84. The second kappa shape index (κ2) is 17.5. The first-order valence-electron chi connectivity index (χ1n) is 14.6. The molecule has 0 aromatic heterocycles. The van der Waals surface area contributed by atoms with E-state index in [9.17, 15) is 14.4 Å². The molecular formula is C31H53N3O4S. The van der Waals surface area contributed by atoms with Crippen molar-refractivity contribution in [2.75, 3.05) is 12.3 Å². The van der Waals surface area contributed by atoms with Gasteiger partial charge in [-0.1, -0.05) is 70.6 Å². The third-order valence-corrected chi connectivity index (χ3v) is 7.18. The number of nitrogens with one attached hydrogen (secondary N) is 2. The molecule has 0 bridgehead atoms. The minimum absolute atomic E-state index is 0.0262. The van der Waals surface area contributed by atoms with Crippen molar-refractivity contribution in [1.82, 2.24) is 15.5 Å². The van der Waals surface area contributed by atoms with Crippen molar-refractivity contribution in [3.8, 4) is 0 Å². The molecule has 0 aliphatic heterocycles. The number of carbonyl (C=O) groups excluding carboxylic acids is 3. The minimum atomic E-state index is -0.934. The molecule has 1 aromatic carbocycles. The van der Waals surface area contributed by atoms with E-state index in [1.807, 2.05) is 39.0 Å². The Hall–Kier alpha value is -2.22. The van der Waals surface area contributed by atoms with Crippen molar-refractivity contribution in [1.29, 1.82) is 0 Å². The Bertz CT molecular complexity index is 916. The number of ether oxygens (including phenoxy) is 1. The molecule has 0 fully saturated rings. The Morgan fingerprint density at radius 3 is 2.21 bits per heavy atom. The molecule has 1 rings (SSSR count). The van der Waals surface area contributed by atoms with Crippen LogP contribution in [0.5, 0.6) is 0 Å². The standard InChI is InChI=1S/C31H53N3O4S/c1-9-11-12-13-14-15-20-34(29(36)26(21-39)33-30(37)38-31(6,7)8)27(28(35)32-23(4)17-10-2)25-19-16-18-22(3)24(25)5/h16,18-19,23,26-27,39H,9-15,17,20-21H2,1-8H3,(H,32,35)(H,33,37). The smallest absolute Gasteiger partial charge is 0.408 e. The lowest BCUT2D eigenvalue weighted by Crippen LogP contribution is -2.54. The third-order valence-electron chi connectivity index (χ3n) is 6.82. The van der Waals surface area contributed by atoms with Crippen LogP contribution in [0.1, 0.15) is 116 Å². The minimum Gasteiger partial charge on any atom is -0.444 e. The summed E-state index contributed by atoms with van der Waals surface area (Å²) in [5.41, 5.74) is 2.12. The van der Waals surface area contributed by atoms with Crippen molar-refractivity contribution >= 4 is 30.5 Å². The van der Waals surface area contributed by atoms with Crippen molar-refractivity contribution < 1.29 is 19.1 Å². The van der Waals surface area contributed by atoms with Gasteiger partial charge in [-0.2, -0.15) is 12.6 Å². The van der Waals surface area contributed by atoms with Gasteiger partial charge in [0.25, 0.3) is 0 Å². The number of unbranched alkanes of at least 4 members (excludes halogenated alkanes) is 5.